The predicted molar refractivity (Wildman–Crippen MR) is 67.3 cm³/mol. The molecule has 0 aromatic carbocycles. The van der Waals surface area contributed by atoms with Crippen LogP contribution in [0.25, 0.3) is 11.5 Å². The molecule has 1 rings (SSSR count). The first-order chi connectivity index (χ1) is 5.76. The van der Waals surface area contributed by atoms with E-state index in [1.165, 1.54) is 12.8 Å². The van der Waals surface area contributed by atoms with E-state index >= 15 is 0 Å². The van der Waals surface area contributed by atoms with Gasteiger partial charge in [0.25, 0.3) is 0 Å². The van der Waals surface area contributed by atoms with Crippen LogP contribution in [0.1, 0.15) is 25.7 Å². The molecule has 0 spiro atoms. The summed E-state index contributed by atoms with van der Waals surface area (Å²) in [6.07, 6.45) is 4.62. The van der Waals surface area contributed by atoms with Crippen molar-refractivity contribution in [2.75, 3.05) is 6.54 Å². The Balaban J connectivity index is 0.000000354. The second-order valence-electron chi connectivity index (χ2n) is 2.90. The number of nitrogens with one attached hydrogen (secondary N) is 2. The van der Waals surface area contributed by atoms with E-state index in [0.717, 1.165) is 12.8 Å². The van der Waals surface area contributed by atoms with Crippen molar-refractivity contribution in [3.05, 3.63) is 11.5 Å². The molecule has 0 aliphatic heterocycles. The smallest absolute Gasteiger partial charge is 0.0532 e. The molecular formula is C7H14I2N2Pt. The van der Waals surface area contributed by atoms with E-state index in [1.54, 1.807) is 0 Å². The minimum absolute atomic E-state index is 0.0799. The Morgan fingerprint density at radius 2 is 1.75 bits per heavy atom. The zero-order valence-electron chi connectivity index (χ0n) is 6.76. The minimum Gasteiger partial charge on any atom is -0.677 e. The van der Waals surface area contributed by atoms with Crippen LogP contribution in [0.5, 0.6) is 0 Å². The maximum absolute atomic E-state index is 7.51. The molecule has 2 nitrogen and oxygen atoms in total. The van der Waals surface area contributed by atoms with E-state index in [4.69, 9.17) is 11.5 Å². The van der Waals surface area contributed by atoms with Gasteiger partial charge in [0.2, 0.25) is 0 Å². The number of hydrogen-bond acceptors (Lipinski definition) is 0. The van der Waals surface area contributed by atoms with Crippen molar-refractivity contribution in [1.82, 2.24) is 0 Å². The fourth-order valence-electron chi connectivity index (χ4n) is 1.45. The van der Waals surface area contributed by atoms with Crippen LogP contribution in [0.3, 0.4) is 0 Å². The predicted octanol–water partition coefficient (Wildman–Crippen LogP) is 4.42. The van der Waals surface area contributed by atoms with Gasteiger partial charge in [0.1, 0.15) is 0 Å². The van der Waals surface area contributed by atoms with Crippen LogP contribution in [0, 0.1) is 5.92 Å². The normalized spacial score (nSPS) is 29.3. The Labute approximate surface area is 104 Å². The third kappa shape index (κ3) is 6.51. The fraction of sp³-hybridized carbons (Fsp3) is 1.00. The molecule has 2 unspecified atom stereocenters. The maximum Gasteiger partial charge on any atom is -0.0532 e. The van der Waals surface area contributed by atoms with Crippen LogP contribution in [0.2, 0.25) is 0 Å². The molecule has 1 fully saturated rings. The summed E-state index contributed by atoms with van der Waals surface area (Å²) in [5.74, 6) is 0.388. The van der Waals surface area contributed by atoms with Gasteiger partial charge in [-0.15, -0.1) is 12.6 Å². The molecule has 1 aliphatic carbocycles. The topological polar surface area (TPSA) is 47.6 Å². The van der Waals surface area contributed by atoms with Crippen LogP contribution in [0.15, 0.2) is 0 Å². The summed E-state index contributed by atoms with van der Waals surface area (Å²) in [6, 6.07) is 0.0799. The first-order valence-electron chi connectivity index (χ1n) is 3.94. The van der Waals surface area contributed by atoms with Crippen molar-refractivity contribution in [3.8, 4) is 0 Å². The SMILES string of the molecule is [I][Pt+2][I].[NH-]CC1CCCCC1[NH-]. The van der Waals surface area contributed by atoms with E-state index in [9.17, 15) is 0 Å². The quantitative estimate of drug-likeness (QED) is 0.417. The van der Waals surface area contributed by atoms with Gasteiger partial charge >= 0.3 is 49.9 Å². The molecule has 2 atom stereocenters. The first-order valence-corrected chi connectivity index (χ1v) is 16.8. The number of hydrogen-bond donors (Lipinski definition) is 0. The standard InChI is InChI=1S/C7H14N2.2HI.Pt/c8-5-6-3-1-2-4-7(6)9;;;/h6-9H,1-5H2;2*1H;/q-2;;;+4/p-2. The molecule has 0 amide bonds. The Kier molecular flexibility index (Phi) is 11.3. The average Bonchev–Trinajstić information content (AvgIpc) is 2.07. The molecule has 1 saturated carbocycles. The Bertz CT molecular complexity index is 105. The van der Waals surface area contributed by atoms with Crippen molar-refractivity contribution >= 4 is 38.7 Å². The van der Waals surface area contributed by atoms with E-state index < -0.39 is 0 Å². The molecule has 2 N–H and O–H groups in total. The first kappa shape index (κ1) is 14.1. The maximum atomic E-state index is 7.51. The summed E-state index contributed by atoms with van der Waals surface area (Å²) >= 11 is 5.30. The van der Waals surface area contributed by atoms with E-state index in [2.05, 4.69) is 38.7 Å². The van der Waals surface area contributed by atoms with Crippen molar-refractivity contribution in [1.29, 1.82) is 0 Å². The molecule has 1 aliphatic rings. The van der Waals surface area contributed by atoms with Crippen LogP contribution in [-0.2, 0) is 11.2 Å². The van der Waals surface area contributed by atoms with Crippen LogP contribution in [-0.4, -0.2) is 12.6 Å². The number of rotatable bonds is 1. The van der Waals surface area contributed by atoms with Crippen LogP contribution in [0.4, 0.5) is 0 Å². The van der Waals surface area contributed by atoms with Crippen LogP contribution < -0.4 is 0 Å². The zero-order chi connectivity index (χ0) is 9.40. The van der Waals surface area contributed by atoms with Gasteiger partial charge in [-0.1, -0.05) is 31.6 Å². The van der Waals surface area contributed by atoms with Gasteiger partial charge < -0.3 is 11.5 Å². The molecule has 5 heteroatoms. The van der Waals surface area contributed by atoms with Crippen molar-refractivity contribution in [2.45, 2.75) is 31.7 Å². The molecule has 0 bridgehead atoms. The summed E-state index contributed by atoms with van der Waals surface area (Å²) in [6.45, 7) is 0.466. The molecular weight excluding hydrogens is 561 g/mol. The minimum atomic E-state index is 0.0799. The van der Waals surface area contributed by atoms with Gasteiger partial charge in [-0.25, -0.2) is 0 Å². The van der Waals surface area contributed by atoms with E-state index in [0.29, 0.717) is 23.7 Å². The Morgan fingerprint density at radius 3 is 2.08 bits per heavy atom. The second kappa shape index (κ2) is 9.62. The molecule has 0 saturated heterocycles. The van der Waals surface area contributed by atoms with Gasteiger partial charge in [0, 0.05) is 0 Å². The van der Waals surface area contributed by atoms with E-state index in [-0.39, 0.29) is 6.04 Å². The summed E-state index contributed by atoms with van der Waals surface area (Å²) < 4.78 is 0. The summed E-state index contributed by atoms with van der Waals surface area (Å²) in [7, 11) is 0. The Morgan fingerprint density at radius 1 is 1.25 bits per heavy atom. The Hall–Kier alpha value is 2.07. The fourth-order valence-corrected chi connectivity index (χ4v) is 1.45. The van der Waals surface area contributed by atoms with Gasteiger partial charge in [0.05, 0.1) is 0 Å². The third-order valence-corrected chi connectivity index (χ3v) is 2.17. The zero-order valence-corrected chi connectivity index (χ0v) is 13.3. The molecule has 76 valence electrons. The molecule has 0 radical (unpaired) electrons. The van der Waals surface area contributed by atoms with Crippen molar-refractivity contribution < 1.29 is 11.2 Å². The van der Waals surface area contributed by atoms with E-state index in [1.807, 2.05) is 0 Å². The molecule has 12 heavy (non-hydrogen) atoms. The van der Waals surface area contributed by atoms with Crippen molar-refractivity contribution in [3.63, 3.8) is 0 Å². The van der Waals surface area contributed by atoms with Crippen molar-refractivity contribution in [2.24, 2.45) is 5.92 Å². The largest absolute Gasteiger partial charge is 0.677 e. The second-order valence-corrected chi connectivity index (χ2v) is 19.5. The average molecular weight is 575 g/mol. The third-order valence-electron chi connectivity index (χ3n) is 2.17. The molecule has 0 aromatic rings. The number of halogens is 2. The van der Waals surface area contributed by atoms with Gasteiger partial charge in [-0.3, -0.25) is 0 Å². The van der Waals surface area contributed by atoms with Gasteiger partial charge in [0.15, 0.2) is 0 Å². The van der Waals surface area contributed by atoms with Gasteiger partial charge in [-0.2, -0.15) is 0 Å². The molecule has 0 aromatic heterocycles. The summed E-state index contributed by atoms with van der Waals surface area (Å²) in [5, 5.41) is 0. The molecule has 0 heterocycles. The summed E-state index contributed by atoms with van der Waals surface area (Å²) in [5.41, 5.74) is 14.6. The monoisotopic (exact) mass is 575 g/mol. The summed E-state index contributed by atoms with van der Waals surface area (Å²) in [4.78, 5) is 0. The van der Waals surface area contributed by atoms with Gasteiger partial charge in [-0.05, 0) is 0 Å². The van der Waals surface area contributed by atoms with Crippen LogP contribution >= 0.6 is 38.7 Å².